The second-order valence-electron chi connectivity index (χ2n) is 1.06. The molecular formula is C4H3BF2Li3NO5. The average molecular weight is 215 g/mol. The Balaban J connectivity index is -0.0000000226. The van der Waals surface area contributed by atoms with E-state index in [1.807, 2.05) is 0 Å². The Morgan fingerprint density at radius 2 is 1.12 bits per heavy atom. The van der Waals surface area contributed by atoms with Crippen molar-refractivity contribution in [2.24, 2.45) is 0 Å². The zero-order chi connectivity index (χ0) is 11.4. The van der Waals surface area contributed by atoms with Crippen molar-refractivity contribution < 1.29 is 90.0 Å². The van der Waals surface area contributed by atoms with Crippen molar-refractivity contribution >= 4 is 19.4 Å². The number of halogens is 2. The van der Waals surface area contributed by atoms with E-state index >= 15 is 0 Å². The molecular weight excluding hydrogens is 212 g/mol. The number of carbonyl (C=O) groups excluding carboxylic acids is 2. The number of hydrogen-bond donors (Lipinski definition) is 0. The first kappa shape index (κ1) is 36.0. The minimum absolute atomic E-state index is 0. The van der Waals surface area contributed by atoms with Crippen molar-refractivity contribution in [3.8, 4) is 6.07 Å². The summed E-state index contributed by atoms with van der Waals surface area (Å²) >= 11 is 0. The van der Waals surface area contributed by atoms with Gasteiger partial charge >= 0.3 is 68.7 Å². The smallest absolute Gasteiger partial charge is 0.907 e. The molecule has 0 rings (SSSR count). The summed E-state index contributed by atoms with van der Waals surface area (Å²) < 4.78 is 20.9. The molecule has 12 heteroatoms. The van der Waals surface area contributed by atoms with Crippen molar-refractivity contribution in [2.75, 3.05) is 0 Å². The van der Waals surface area contributed by atoms with Crippen LogP contribution in [-0.2, 0) is 9.59 Å². The van der Waals surface area contributed by atoms with E-state index in [1.54, 1.807) is 6.07 Å². The summed E-state index contributed by atoms with van der Waals surface area (Å²) in [5, 5.41) is 32.6. The number of carbonyl (C=O) groups is 2. The molecule has 6 nitrogen and oxygen atoms in total. The number of hydrogen-bond acceptors (Lipinski definition) is 6. The van der Waals surface area contributed by atoms with Crippen LogP contribution in [0.15, 0.2) is 0 Å². The second kappa shape index (κ2) is 29.5. The molecule has 0 radical (unpaired) electrons. The Kier molecular flexibility index (Phi) is 66.4. The largest absolute Gasteiger partial charge is 1.00 e. The quantitative estimate of drug-likeness (QED) is 0.242. The van der Waals surface area contributed by atoms with E-state index in [1.165, 1.54) is 6.92 Å². The first-order valence-corrected chi connectivity index (χ1v) is 2.47. The summed E-state index contributed by atoms with van der Waals surface area (Å²) in [6, 6.07) is -3.34. The van der Waals surface area contributed by atoms with Gasteiger partial charge in [0.05, 0.1) is 6.07 Å². The fourth-order valence-electron chi connectivity index (χ4n) is 0. The third-order valence-corrected chi connectivity index (χ3v) is 0.155. The molecule has 0 aromatic heterocycles. The molecule has 0 spiro atoms. The number of nitrogens with zero attached hydrogens (tertiary/aromatic N) is 1. The van der Waals surface area contributed by atoms with Gasteiger partial charge in [0.2, 0.25) is 0 Å². The zero-order valence-corrected chi connectivity index (χ0v) is 9.32. The summed E-state index contributed by atoms with van der Waals surface area (Å²) in [4.78, 5) is 17.5. The third kappa shape index (κ3) is 133. The molecule has 0 aromatic rings. The molecule has 0 amide bonds. The van der Waals surface area contributed by atoms with Crippen molar-refractivity contribution in [2.45, 2.75) is 6.92 Å². The van der Waals surface area contributed by atoms with Crippen LogP contribution in [0.5, 0.6) is 0 Å². The SMILES string of the molecule is CC#N.O=C(F)C(=O)F.[Li+].[Li+].[Li+].[O-]B([O-])[O-]. The van der Waals surface area contributed by atoms with E-state index in [2.05, 4.69) is 0 Å². The molecule has 0 bridgehead atoms. The number of rotatable bonds is 1. The van der Waals surface area contributed by atoms with Gasteiger partial charge < -0.3 is 15.1 Å². The maximum atomic E-state index is 10.5. The van der Waals surface area contributed by atoms with Crippen LogP contribution in [0.2, 0.25) is 0 Å². The van der Waals surface area contributed by atoms with Gasteiger partial charge in [0.15, 0.2) is 0 Å². The molecule has 0 unspecified atom stereocenters. The Morgan fingerprint density at radius 3 is 1.12 bits per heavy atom. The van der Waals surface area contributed by atoms with Crippen LogP contribution >= 0.6 is 0 Å². The Bertz CT molecular complexity index is 188. The van der Waals surface area contributed by atoms with Gasteiger partial charge in [-0.15, -0.1) is 0 Å². The molecule has 0 saturated heterocycles. The van der Waals surface area contributed by atoms with Crippen molar-refractivity contribution in [3.05, 3.63) is 0 Å². The molecule has 0 fully saturated rings. The number of nitriles is 1. The van der Waals surface area contributed by atoms with Crippen LogP contribution in [0, 0.1) is 11.3 Å². The van der Waals surface area contributed by atoms with Gasteiger partial charge in [-0.25, -0.2) is 9.59 Å². The predicted molar refractivity (Wildman–Crippen MR) is 29.3 cm³/mol. The zero-order valence-electron chi connectivity index (χ0n) is 9.32. The van der Waals surface area contributed by atoms with Gasteiger partial charge in [0, 0.05) is 6.92 Å². The third-order valence-electron chi connectivity index (χ3n) is 0.155. The molecule has 0 N–H and O–H groups in total. The van der Waals surface area contributed by atoms with Gasteiger partial charge in [0.1, 0.15) is 0 Å². The molecule has 0 saturated carbocycles. The van der Waals surface area contributed by atoms with Crippen LogP contribution in [-0.4, -0.2) is 19.4 Å². The Hall–Kier alpha value is 0.427. The van der Waals surface area contributed by atoms with Crippen LogP contribution in [0.1, 0.15) is 6.92 Å². The average Bonchev–Trinajstić information content (AvgIpc) is 1.87. The summed E-state index contributed by atoms with van der Waals surface area (Å²) in [6.07, 6.45) is 0. The molecule has 0 aliphatic rings. The molecule has 74 valence electrons. The van der Waals surface area contributed by atoms with Crippen LogP contribution < -0.4 is 71.7 Å². The standard InChI is InChI=1S/C2F2O2.C2H3N.BO3.3Li/c3-1(5)2(4)6;1-2-3;2-1(3)4;;;/h;1H3;;;;/q;;-3;3*+1. The van der Waals surface area contributed by atoms with Gasteiger partial charge in [-0.1, -0.05) is 0 Å². The first-order valence-electron chi connectivity index (χ1n) is 2.47. The van der Waals surface area contributed by atoms with E-state index in [0.29, 0.717) is 0 Å². The molecule has 0 heterocycles. The fourth-order valence-corrected chi connectivity index (χ4v) is 0. The van der Waals surface area contributed by atoms with Gasteiger partial charge in [-0.2, -0.15) is 14.0 Å². The minimum Gasteiger partial charge on any atom is -0.907 e. The molecule has 0 aliphatic heterocycles. The molecule has 0 aromatic carbocycles. The van der Waals surface area contributed by atoms with Crippen LogP contribution in [0.3, 0.4) is 0 Å². The maximum Gasteiger partial charge on any atom is 1.00 e. The van der Waals surface area contributed by atoms with Crippen LogP contribution in [0.4, 0.5) is 8.78 Å². The Labute approximate surface area is 127 Å². The van der Waals surface area contributed by atoms with Crippen molar-refractivity contribution in [3.63, 3.8) is 0 Å². The van der Waals surface area contributed by atoms with E-state index < -0.39 is 19.4 Å². The first-order chi connectivity index (χ1) is 5.79. The van der Waals surface area contributed by atoms with Gasteiger partial charge in [-0.05, 0) is 0 Å². The summed E-state index contributed by atoms with van der Waals surface area (Å²) in [5.41, 5.74) is 0. The van der Waals surface area contributed by atoms with Crippen molar-refractivity contribution in [1.82, 2.24) is 0 Å². The molecule has 0 aliphatic carbocycles. The topological polar surface area (TPSA) is 127 Å². The Morgan fingerprint density at radius 1 is 1.06 bits per heavy atom. The maximum absolute atomic E-state index is 10.5. The summed E-state index contributed by atoms with van der Waals surface area (Å²) in [7, 11) is -2.92. The van der Waals surface area contributed by atoms with Crippen LogP contribution in [0.25, 0.3) is 0 Å². The van der Waals surface area contributed by atoms with Gasteiger partial charge in [-0.3, -0.25) is 7.32 Å². The fraction of sp³-hybridized carbons (Fsp3) is 0.250. The minimum atomic E-state index is -2.92. The second-order valence-corrected chi connectivity index (χ2v) is 1.06. The monoisotopic (exact) mass is 215 g/mol. The molecule has 16 heavy (non-hydrogen) atoms. The van der Waals surface area contributed by atoms with E-state index in [-0.39, 0.29) is 56.6 Å². The summed E-state index contributed by atoms with van der Waals surface area (Å²) in [6.45, 7) is 1.43. The normalized spacial score (nSPS) is 5.06. The van der Waals surface area contributed by atoms with E-state index in [9.17, 15) is 8.78 Å². The van der Waals surface area contributed by atoms with Gasteiger partial charge in [0.25, 0.3) is 0 Å². The van der Waals surface area contributed by atoms with E-state index in [0.717, 1.165) is 0 Å². The van der Waals surface area contributed by atoms with Crippen molar-refractivity contribution in [1.29, 1.82) is 5.26 Å². The summed E-state index contributed by atoms with van der Waals surface area (Å²) in [5.74, 6) is 0. The predicted octanol–water partition coefficient (Wildman–Crippen LogP) is -12.4. The van der Waals surface area contributed by atoms with E-state index in [4.69, 9.17) is 29.9 Å². The molecule has 0 atom stereocenters.